The maximum Gasteiger partial charge on any atom is 0.236 e. The molecule has 1 aromatic carbocycles. The minimum absolute atomic E-state index is 0.00704. The number of benzene rings is 1. The minimum Gasteiger partial charge on any atom is -0.496 e. The lowest BCUT2D eigenvalue weighted by atomic mass is 10.1. The Hall–Kier alpha value is -1.03. The van der Waals surface area contributed by atoms with Crippen molar-refractivity contribution in [2.24, 2.45) is 0 Å². The van der Waals surface area contributed by atoms with Gasteiger partial charge in [0.15, 0.2) is 0 Å². The lowest BCUT2D eigenvalue weighted by molar-refractivity contribution is -0.122. The smallest absolute Gasteiger partial charge is 0.236 e. The average Bonchev–Trinajstić information content (AvgIpc) is 2.28. The number of hydrogen-bond donors (Lipinski definition) is 1. The number of alkyl halides is 1. The van der Waals surface area contributed by atoms with Crippen molar-refractivity contribution in [3.8, 4) is 5.75 Å². The van der Waals surface area contributed by atoms with E-state index in [1.54, 1.807) is 7.11 Å². The average molecular weight is 300 g/mol. The van der Waals surface area contributed by atoms with Crippen molar-refractivity contribution in [3.63, 3.8) is 0 Å². The fraction of sp³-hybridized carbons (Fsp3) is 0.462. The Kier molecular flexibility index (Phi) is 5.00. The number of nitrogens with one attached hydrogen (secondary N) is 1. The van der Waals surface area contributed by atoms with Crippen LogP contribution in [-0.2, 0) is 11.2 Å². The first-order valence-corrected chi connectivity index (χ1v) is 6.33. The summed E-state index contributed by atoms with van der Waals surface area (Å²) in [6.45, 7) is 4.26. The molecule has 0 aromatic heterocycles. The van der Waals surface area contributed by atoms with Crippen LogP contribution in [0.15, 0.2) is 24.3 Å². The minimum atomic E-state index is -0.520. The number of ether oxygens (including phenoxy) is 1. The van der Waals surface area contributed by atoms with Crippen LogP contribution in [0.5, 0.6) is 5.75 Å². The molecule has 0 atom stereocenters. The van der Waals surface area contributed by atoms with Crippen LogP contribution >= 0.6 is 15.9 Å². The normalized spacial score (nSPS) is 11.1. The first-order chi connectivity index (χ1) is 7.95. The Balaban J connectivity index is 2.49. The Morgan fingerprint density at radius 1 is 1.41 bits per heavy atom. The molecule has 0 saturated heterocycles. The molecule has 1 rings (SSSR count). The zero-order valence-electron chi connectivity index (χ0n) is 10.4. The third kappa shape index (κ3) is 4.38. The number of hydrogen-bond acceptors (Lipinski definition) is 2. The predicted octanol–water partition coefficient (Wildman–Crippen LogP) is 2.53. The van der Waals surface area contributed by atoms with Crippen LogP contribution in [0.3, 0.4) is 0 Å². The van der Waals surface area contributed by atoms with E-state index in [1.165, 1.54) is 0 Å². The lowest BCUT2D eigenvalue weighted by Crippen LogP contribution is -2.38. The summed E-state index contributed by atoms with van der Waals surface area (Å²) in [4.78, 5) is 11.6. The van der Waals surface area contributed by atoms with Gasteiger partial charge in [-0.05, 0) is 31.9 Å². The first-order valence-electron chi connectivity index (χ1n) is 5.54. The number of methoxy groups -OCH3 is 1. The molecular formula is C13H18BrNO2. The Labute approximate surface area is 111 Å². The van der Waals surface area contributed by atoms with Gasteiger partial charge in [-0.15, -0.1) is 0 Å². The second kappa shape index (κ2) is 6.05. The van der Waals surface area contributed by atoms with Crippen molar-refractivity contribution in [2.45, 2.75) is 24.6 Å². The maximum atomic E-state index is 11.6. The Morgan fingerprint density at radius 2 is 2.06 bits per heavy atom. The van der Waals surface area contributed by atoms with Gasteiger partial charge >= 0.3 is 0 Å². The van der Waals surface area contributed by atoms with Crippen LogP contribution in [-0.4, -0.2) is 23.9 Å². The van der Waals surface area contributed by atoms with E-state index in [1.807, 2.05) is 38.1 Å². The van der Waals surface area contributed by atoms with Crippen molar-refractivity contribution in [3.05, 3.63) is 29.8 Å². The molecule has 0 heterocycles. The number of halogens is 1. The molecule has 0 radical (unpaired) electrons. The summed E-state index contributed by atoms with van der Waals surface area (Å²) in [7, 11) is 1.65. The standard InChI is InChI=1S/C13H18BrNO2/c1-13(2,14)12(16)15-9-8-10-6-4-5-7-11(10)17-3/h4-7H,8-9H2,1-3H3,(H,15,16). The second-order valence-corrected chi connectivity index (χ2v) is 6.27. The van der Waals surface area contributed by atoms with Crippen molar-refractivity contribution >= 4 is 21.8 Å². The Bertz CT molecular complexity index is 385. The summed E-state index contributed by atoms with van der Waals surface area (Å²) in [5.41, 5.74) is 1.10. The monoisotopic (exact) mass is 299 g/mol. The number of carbonyl (C=O) groups excluding carboxylic acids is 1. The number of rotatable bonds is 5. The topological polar surface area (TPSA) is 38.3 Å². The highest BCUT2D eigenvalue weighted by molar-refractivity contribution is 9.10. The highest BCUT2D eigenvalue weighted by atomic mass is 79.9. The highest BCUT2D eigenvalue weighted by Gasteiger charge is 2.22. The van der Waals surface area contributed by atoms with E-state index in [4.69, 9.17) is 4.74 Å². The molecule has 0 spiro atoms. The van der Waals surface area contributed by atoms with E-state index in [9.17, 15) is 4.79 Å². The zero-order chi connectivity index (χ0) is 12.9. The van der Waals surface area contributed by atoms with Crippen molar-refractivity contribution in [2.75, 3.05) is 13.7 Å². The fourth-order valence-corrected chi connectivity index (χ4v) is 1.57. The molecule has 0 aliphatic rings. The van der Waals surface area contributed by atoms with E-state index in [0.717, 1.165) is 17.7 Å². The molecule has 0 unspecified atom stereocenters. The van der Waals surface area contributed by atoms with Crippen LogP contribution in [0.25, 0.3) is 0 Å². The molecule has 94 valence electrons. The zero-order valence-corrected chi connectivity index (χ0v) is 12.0. The van der Waals surface area contributed by atoms with E-state index in [0.29, 0.717) is 6.54 Å². The summed E-state index contributed by atoms with van der Waals surface area (Å²) in [5.74, 6) is 0.854. The third-order valence-corrected chi connectivity index (χ3v) is 2.77. The fourth-order valence-electron chi connectivity index (χ4n) is 1.43. The second-order valence-electron chi connectivity index (χ2n) is 4.29. The van der Waals surface area contributed by atoms with Crippen LogP contribution in [0.1, 0.15) is 19.4 Å². The van der Waals surface area contributed by atoms with Crippen molar-refractivity contribution < 1.29 is 9.53 Å². The molecule has 4 heteroatoms. The summed E-state index contributed by atoms with van der Waals surface area (Å²) in [6.07, 6.45) is 0.763. The van der Waals surface area contributed by atoms with Gasteiger partial charge in [0.05, 0.1) is 11.4 Å². The highest BCUT2D eigenvalue weighted by Crippen LogP contribution is 2.18. The van der Waals surface area contributed by atoms with E-state index >= 15 is 0 Å². The number of carbonyl (C=O) groups is 1. The largest absolute Gasteiger partial charge is 0.496 e. The molecular weight excluding hydrogens is 282 g/mol. The van der Waals surface area contributed by atoms with Gasteiger partial charge in [0, 0.05) is 6.54 Å². The summed E-state index contributed by atoms with van der Waals surface area (Å²) >= 11 is 3.32. The summed E-state index contributed by atoms with van der Waals surface area (Å²) in [6, 6.07) is 7.83. The maximum absolute atomic E-state index is 11.6. The Morgan fingerprint density at radius 3 is 2.65 bits per heavy atom. The van der Waals surface area contributed by atoms with Gasteiger partial charge in [-0.2, -0.15) is 0 Å². The van der Waals surface area contributed by atoms with Crippen molar-refractivity contribution in [1.29, 1.82) is 0 Å². The van der Waals surface area contributed by atoms with Gasteiger partial charge < -0.3 is 10.1 Å². The van der Waals surface area contributed by atoms with Gasteiger partial charge in [-0.25, -0.2) is 0 Å². The molecule has 0 fully saturated rings. The van der Waals surface area contributed by atoms with Gasteiger partial charge in [0.1, 0.15) is 5.75 Å². The third-order valence-electron chi connectivity index (χ3n) is 2.41. The molecule has 17 heavy (non-hydrogen) atoms. The van der Waals surface area contributed by atoms with Gasteiger partial charge in [0.25, 0.3) is 0 Å². The van der Waals surface area contributed by atoms with Crippen LogP contribution < -0.4 is 10.1 Å². The molecule has 0 aliphatic heterocycles. The summed E-state index contributed by atoms with van der Waals surface area (Å²) < 4.78 is 4.73. The van der Waals surface area contributed by atoms with Crippen LogP contribution in [0.4, 0.5) is 0 Å². The lowest BCUT2D eigenvalue weighted by Gasteiger charge is -2.16. The molecule has 0 bridgehead atoms. The van der Waals surface area contributed by atoms with E-state index in [2.05, 4.69) is 21.2 Å². The quantitative estimate of drug-likeness (QED) is 0.849. The molecule has 1 aromatic rings. The van der Waals surface area contributed by atoms with E-state index < -0.39 is 4.32 Å². The first kappa shape index (κ1) is 14.0. The SMILES string of the molecule is COc1ccccc1CCNC(=O)C(C)(C)Br. The van der Waals surface area contributed by atoms with Crippen molar-refractivity contribution in [1.82, 2.24) is 5.32 Å². The molecule has 1 N–H and O–H groups in total. The van der Waals surface area contributed by atoms with Gasteiger partial charge in [-0.1, -0.05) is 34.1 Å². The molecule has 0 aliphatic carbocycles. The summed E-state index contributed by atoms with van der Waals surface area (Å²) in [5, 5.41) is 2.88. The molecule has 0 saturated carbocycles. The molecule has 3 nitrogen and oxygen atoms in total. The molecule has 1 amide bonds. The van der Waals surface area contributed by atoms with Crippen LogP contribution in [0.2, 0.25) is 0 Å². The van der Waals surface area contributed by atoms with E-state index in [-0.39, 0.29) is 5.91 Å². The van der Waals surface area contributed by atoms with Gasteiger partial charge in [0.2, 0.25) is 5.91 Å². The van der Waals surface area contributed by atoms with Crippen LogP contribution in [0, 0.1) is 0 Å². The number of para-hydroxylation sites is 1. The predicted molar refractivity (Wildman–Crippen MR) is 72.7 cm³/mol. The van der Waals surface area contributed by atoms with Gasteiger partial charge in [-0.3, -0.25) is 4.79 Å². The number of amides is 1.